The van der Waals surface area contributed by atoms with Crippen LogP contribution in [0.3, 0.4) is 0 Å². The topological polar surface area (TPSA) is 69.1 Å². The average molecular weight is 229 g/mol. The van der Waals surface area contributed by atoms with Crippen LogP contribution in [0.25, 0.3) is 0 Å². The van der Waals surface area contributed by atoms with E-state index in [-0.39, 0.29) is 18.4 Å². The number of rotatable bonds is 3. The number of ether oxygens (including phenoxy) is 2. The number of hydrogen-bond acceptors (Lipinski definition) is 5. The predicted molar refractivity (Wildman–Crippen MR) is 53.0 cm³/mol. The molecule has 0 saturated carbocycles. The molecule has 0 aliphatic carbocycles. The number of esters is 1. The van der Waals surface area contributed by atoms with E-state index in [1.54, 1.807) is 4.57 Å². The van der Waals surface area contributed by atoms with E-state index < -0.39 is 0 Å². The number of aromatic amines is 1. The second kappa shape index (κ2) is 4.11. The van der Waals surface area contributed by atoms with Crippen LogP contribution in [0.4, 0.5) is 0 Å². The van der Waals surface area contributed by atoms with Gasteiger partial charge in [-0.2, -0.15) is 5.10 Å². The Bertz CT molecular complexity index is 421. The van der Waals surface area contributed by atoms with E-state index in [0.717, 1.165) is 5.82 Å². The molecule has 6 nitrogen and oxygen atoms in total. The predicted octanol–water partition coefficient (Wildman–Crippen LogP) is 0.227. The minimum atomic E-state index is -0.339. The van der Waals surface area contributed by atoms with Crippen LogP contribution in [0.1, 0.15) is 11.7 Å². The smallest absolute Gasteiger partial charge is 0.325 e. The van der Waals surface area contributed by atoms with Crippen molar-refractivity contribution in [3.05, 3.63) is 10.6 Å². The van der Waals surface area contributed by atoms with E-state index in [1.165, 1.54) is 7.11 Å². The second-order valence-corrected chi connectivity index (χ2v) is 3.67. The highest BCUT2D eigenvalue weighted by molar-refractivity contribution is 7.71. The minimum absolute atomic E-state index is 0.0949. The average Bonchev–Trinajstić information content (AvgIpc) is 2.47. The standard InChI is InChI=1S/C8H11N3O3S/c1-13-6(12)2-11-7(5-3-14-4-5)9-10-8(11)15/h5H,2-4H2,1H3,(H,10,15). The van der Waals surface area contributed by atoms with Gasteiger partial charge in [0, 0.05) is 0 Å². The number of carbonyl (C=O) groups is 1. The van der Waals surface area contributed by atoms with Gasteiger partial charge in [-0.1, -0.05) is 0 Å². The van der Waals surface area contributed by atoms with Gasteiger partial charge in [-0.25, -0.2) is 0 Å². The Balaban J connectivity index is 2.23. The molecule has 0 bridgehead atoms. The van der Waals surface area contributed by atoms with E-state index in [2.05, 4.69) is 14.9 Å². The van der Waals surface area contributed by atoms with Gasteiger partial charge in [0.05, 0.1) is 26.2 Å². The Morgan fingerprint density at radius 1 is 1.80 bits per heavy atom. The maximum absolute atomic E-state index is 11.2. The van der Waals surface area contributed by atoms with Crippen molar-refractivity contribution in [2.75, 3.05) is 20.3 Å². The van der Waals surface area contributed by atoms with Gasteiger partial charge < -0.3 is 9.47 Å². The number of carbonyl (C=O) groups excluding carboxylic acids is 1. The fourth-order valence-corrected chi connectivity index (χ4v) is 1.58. The monoisotopic (exact) mass is 229 g/mol. The highest BCUT2D eigenvalue weighted by Gasteiger charge is 2.26. The zero-order chi connectivity index (χ0) is 10.8. The first-order valence-corrected chi connectivity index (χ1v) is 4.93. The summed E-state index contributed by atoms with van der Waals surface area (Å²) in [6, 6.07) is 0. The molecule has 0 amide bonds. The third-order valence-corrected chi connectivity index (χ3v) is 2.62. The summed E-state index contributed by atoms with van der Waals surface area (Å²) in [4.78, 5) is 11.2. The van der Waals surface area contributed by atoms with Gasteiger partial charge >= 0.3 is 5.97 Å². The lowest BCUT2D eigenvalue weighted by Gasteiger charge is -2.25. The third kappa shape index (κ3) is 1.93. The summed E-state index contributed by atoms with van der Waals surface area (Å²) >= 11 is 5.03. The van der Waals surface area contributed by atoms with Crippen molar-refractivity contribution < 1.29 is 14.3 Å². The zero-order valence-corrected chi connectivity index (χ0v) is 9.04. The first-order valence-electron chi connectivity index (χ1n) is 4.52. The van der Waals surface area contributed by atoms with E-state index in [1.807, 2.05) is 0 Å². The molecule has 2 heterocycles. The molecule has 0 atom stereocenters. The molecule has 1 aromatic rings. The normalized spacial score (nSPS) is 16.1. The maximum atomic E-state index is 11.2. The molecule has 0 radical (unpaired) electrons. The zero-order valence-electron chi connectivity index (χ0n) is 8.23. The highest BCUT2D eigenvalue weighted by atomic mass is 32.1. The number of nitrogens with zero attached hydrogens (tertiary/aromatic N) is 2. The molecular formula is C8H11N3O3S. The lowest BCUT2D eigenvalue weighted by Crippen LogP contribution is -2.29. The molecule has 1 aromatic heterocycles. The van der Waals surface area contributed by atoms with Crippen molar-refractivity contribution in [3.63, 3.8) is 0 Å². The molecule has 1 N–H and O–H groups in total. The summed E-state index contributed by atoms with van der Waals surface area (Å²) < 4.78 is 11.7. The molecule has 1 aliphatic heterocycles. The summed E-state index contributed by atoms with van der Waals surface area (Å²) in [7, 11) is 1.35. The van der Waals surface area contributed by atoms with Gasteiger partial charge in [0.25, 0.3) is 0 Å². The summed E-state index contributed by atoms with van der Waals surface area (Å²) in [5, 5.41) is 6.75. The lowest BCUT2D eigenvalue weighted by atomic mass is 10.1. The Kier molecular flexibility index (Phi) is 2.83. The van der Waals surface area contributed by atoms with Gasteiger partial charge in [0.15, 0.2) is 4.77 Å². The van der Waals surface area contributed by atoms with Gasteiger partial charge in [0.1, 0.15) is 12.4 Å². The van der Waals surface area contributed by atoms with Crippen molar-refractivity contribution >= 4 is 18.2 Å². The van der Waals surface area contributed by atoms with Crippen molar-refractivity contribution in [2.45, 2.75) is 12.5 Å². The van der Waals surface area contributed by atoms with Crippen molar-refractivity contribution in [2.24, 2.45) is 0 Å². The molecule has 1 aliphatic rings. The molecule has 7 heteroatoms. The number of nitrogens with one attached hydrogen (secondary N) is 1. The van der Waals surface area contributed by atoms with Crippen LogP contribution in [0.5, 0.6) is 0 Å². The van der Waals surface area contributed by atoms with Crippen LogP contribution in [0, 0.1) is 4.77 Å². The molecule has 1 saturated heterocycles. The summed E-state index contributed by atoms with van der Waals surface area (Å²) in [5.41, 5.74) is 0. The molecular weight excluding hydrogens is 218 g/mol. The van der Waals surface area contributed by atoms with E-state index in [4.69, 9.17) is 17.0 Å². The van der Waals surface area contributed by atoms with Crippen LogP contribution in [0.2, 0.25) is 0 Å². The Labute approximate surface area is 91.2 Å². The number of aromatic nitrogens is 3. The molecule has 0 spiro atoms. The summed E-state index contributed by atoms with van der Waals surface area (Å²) in [5.74, 6) is 0.647. The SMILES string of the molecule is COC(=O)Cn1c(C2COC2)n[nH]c1=S. The number of H-pyrrole nitrogens is 1. The quantitative estimate of drug-likeness (QED) is 0.593. The van der Waals surface area contributed by atoms with Crippen molar-refractivity contribution in [1.82, 2.24) is 14.8 Å². The molecule has 15 heavy (non-hydrogen) atoms. The fourth-order valence-electron chi connectivity index (χ4n) is 1.37. The fraction of sp³-hybridized carbons (Fsp3) is 0.625. The first-order chi connectivity index (χ1) is 7.22. The summed E-state index contributed by atoms with van der Waals surface area (Å²) in [6.07, 6.45) is 0. The maximum Gasteiger partial charge on any atom is 0.325 e. The number of hydrogen-bond donors (Lipinski definition) is 1. The Morgan fingerprint density at radius 3 is 3.07 bits per heavy atom. The van der Waals surface area contributed by atoms with Crippen LogP contribution in [-0.2, 0) is 20.8 Å². The largest absolute Gasteiger partial charge is 0.468 e. The second-order valence-electron chi connectivity index (χ2n) is 3.28. The molecule has 0 aromatic carbocycles. The van der Waals surface area contributed by atoms with E-state index in [9.17, 15) is 4.79 Å². The van der Waals surface area contributed by atoms with Crippen LogP contribution in [-0.4, -0.2) is 41.1 Å². The van der Waals surface area contributed by atoms with Crippen molar-refractivity contribution in [1.29, 1.82) is 0 Å². The van der Waals surface area contributed by atoms with Gasteiger partial charge in [0.2, 0.25) is 0 Å². The minimum Gasteiger partial charge on any atom is -0.468 e. The van der Waals surface area contributed by atoms with Crippen LogP contribution < -0.4 is 0 Å². The van der Waals surface area contributed by atoms with E-state index >= 15 is 0 Å². The molecule has 0 unspecified atom stereocenters. The first kappa shape index (κ1) is 10.3. The van der Waals surface area contributed by atoms with E-state index in [0.29, 0.717) is 18.0 Å². The van der Waals surface area contributed by atoms with Gasteiger partial charge in [-0.05, 0) is 12.2 Å². The molecule has 2 rings (SSSR count). The summed E-state index contributed by atoms with van der Waals surface area (Å²) in [6.45, 7) is 1.35. The Hall–Kier alpha value is -1.21. The van der Waals surface area contributed by atoms with Gasteiger partial charge in [-0.15, -0.1) is 0 Å². The highest BCUT2D eigenvalue weighted by Crippen LogP contribution is 2.22. The molecule has 82 valence electrons. The number of methoxy groups -OCH3 is 1. The third-order valence-electron chi connectivity index (χ3n) is 2.31. The van der Waals surface area contributed by atoms with Crippen molar-refractivity contribution in [3.8, 4) is 0 Å². The Morgan fingerprint density at radius 2 is 2.53 bits per heavy atom. The van der Waals surface area contributed by atoms with Gasteiger partial charge in [-0.3, -0.25) is 14.5 Å². The van der Waals surface area contributed by atoms with Crippen LogP contribution >= 0.6 is 12.2 Å². The lowest BCUT2D eigenvalue weighted by molar-refractivity contribution is -0.141. The van der Waals surface area contributed by atoms with Crippen LogP contribution in [0.15, 0.2) is 0 Å². The molecule has 1 fully saturated rings.